The molecule has 0 saturated heterocycles. The highest BCUT2D eigenvalue weighted by Crippen LogP contribution is 2.08. The summed E-state index contributed by atoms with van der Waals surface area (Å²) in [6, 6.07) is 0. The Morgan fingerprint density at radius 2 is 1.18 bits per heavy atom. The van der Waals surface area contributed by atoms with E-state index < -0.39 is 0 Å². The molecule has 2 unspecified atom stereocenters. The summed E-state index contributed by atoms with van der Waals surface area (Å²) < 4.78 is 17.0. The lowest BCUT2D eigenvalue weighted by molar-refractivity contribution is -0.0570. The van der Waals surface area contributed by atoms with Crippen LogP contribution in [0.2, 0.25) is 0 Å². The molecule has 0 heterocycles. The van der Waals surface area contributed by atoms with E-state index >= 15 is 0 Å². The van der Waals surface area contributed by atoms with E-state index in [9.17, 15) is 0 Å². The van der Waals surface area contributed by atoms with E-state index in [1.54, 1.807) is 0 Å². The molecule has 0 aliphatic rings. The van der Waals surface area contributed by atoms with Gasteiger partial charge in [-0.1, -0.05) is 58.8 Å². The van der Waals surface area contributed by atoms with Crippen LogP contribution >= 0.6 is 0 Å². The second kappa shape index (κ2) is 17.2. The number of hydrogen-bond acceptors (Lipinski definition) is 3. The van der Waals surface area contributed by atoms with Crippen molar-refractivity contribution in [3.63, 3.8) is 0 Å². The smallest absolute Gasteiger partial charge is 0.0781 e. The van der Waals surface area contributed by atoms with Crippen LogP contribution in [0.1, 0.15) is 85.5 Å². The molecule has 0 saturated carbocycles. The maximum absolute atomic E-state index is 5.73. The highest BCUT2D eigenvalue weighted by Gasteiger charge is 2.06. The van der Waals surface area contributed by atoms with Crippen molar-refractivity contribution >= 4 is 0 Å². The molecular formula is C19H40O3. The zero-order valence-corrected chi connectivity index (χ0v) is 15.6. The monoisotopic (exact) mass is 316 g/mol. The van der Waals surface area contributed by atoms with Gasteiger partial charge in [0.05, 0.1) is 25.4 Å². The molecule has 0 bridgehead atoms. The van der Waals surface area contributed by atoms with Crippen LogP contribution in [-0.4, -0.2) is 38.6 Å². The summed E-state index contributed by atoms with van der Waals surface area (Å²) >= 11 is 0. The molecule has 0 spiro atoms. The molecule has 134 valence electrons. The zero-order chi connectivity index (χ0) is 16.5. The number of rotatable bonds is 17. The van der Waals surface area contributed by atoms with Crippen molar-refractivity contribution in [3.8, 4) is 0 Å². The maximum Gasteiger partial charge on any atom is 0.0781 e. The van der Waals surface area contributed by atoms with Crippen LogP contribution in [-0.2, 0) is 14.2 Å². The van der Waals surface area contributed by atoms with Gasteiger partial charge >= 0.3 is 0 Å². The second-order valence-corrected chi connectivity index (χ2v) is 6.38. The molecule has 0 radical (unpaired) electrons. The average Bonchev–Trinajstić information content (AvgIpc) is 2.52. The molecule has 0 rings (SSSR count). The van der Waals surface area contributed by atoms with E-state index in [2.05, 4.69) is 27.7 Å². The quantitative estimate of drug-likeness (QED) is 0.338. The average molecular weight is 317 g/mol. The summed E-state index contributed by atoms with van der Waals surface area (Å²) in [6.45, 7) is 11.5. The molecule has 0 amide bonds. The Morgan fingerprint density at radius 3 is 1.82 bits per heavy atom. The number of hydrogen-bond donors (Lipinski definition) is 0. The van der Waals surface area contributed by atoms with Gasteiger partial charge in [0.25, 0.3) is 0 Å². The van der Waals surface area contributed by atoms with E-state index in [-0.39, 0.29) is 12.2 Å². The molecule has 0 aromatic carbocycles. The lowest BCUT2D eigenvalue weighted by atomic mass is 10.1. The molecule has 3 heteroatoms. The third-order valence-electron chi connectivity index (χ3n) is 3.72. The van der Waals surface area contributed by atoms with Crippen LogP contribution in [0.3, 0.4) is 0 Å². The minimum absolute atomic E-state index is 0.154. The van der Waals surface area contributed by atoms with Gasteiger partial charge in [-0.15, -0.1) is 0 Å². The molecule has 0 fully saturated rings. The van der Waals surface area contributed by atoms with E-state index in [1.165, 1.54) is 51.4 Å². The Labute approximate surface area is 139 Å². The SMILES string of the molecule is CCCCCCCCCCOCC(C)OCC(C)OCCC. The highest BCUT2D eigenvalue weighted by atomic mass is 16.6. The standard InChI is InChI=1S/C19H40O3/c1-5-7-8-9-10-11-12-13-15-20-16-18(3)22-17-19(4)21-14-6-2/h18-19H,5-17H2,1-4H3. The predicted octanol–water partition coefficient (Wildman–Crippen LogP) is 5.36. The Balaban J connectivity index is 3.22. The van der Waals surface area contributed by atoms with Crippen molar-refractivity contribution in [2.45, 2.75) is 97.7 Å². The van der Waals surface area contributed by atoms with Gasteiger partial charge in [0.1, 0.15) is 0 Å². The summed E-state index contributed by atoms with van der Waals surface area (Å²) in [5.74, 6) is 0. The Hall–Kier alpha value is -0.120. The highest BCUT2D eigenvalue weighted by molar-refractivity contribution is 4.53. The summed E-state index contributed by atoms with van der Waals surface area (Å²) in [7, 11) is 0. The molecule has 0 N–H and O–H groups in total. The van der Waals surface area contributed by atoms with Gasteiger partial charge in [-0.3, -0.25) is 0 Å². The van der Waals surface area contributed by atoms with Gasteiger partial charge in [0, 0.05) is 13.2 Å². The van der Waals surface area contributed by atoms with Crippen molar-refractivity contribution in [2.24, 2.45) is 0 Å². The van der Waals surface area contributed by atoms with Crippen LogP contribution in [0, 0.1) is 0 Å². The maximum atomic E-state index is 5.73. The first-order valence-corrected chi connectivity index (χ1v) is 9.51. The topological polar surface area (TPSA) is 27.7 Å². The molecule has 3 nitrogen and oxygen atoms in total. The van der Waals surface area contributed by atoms with Gasteiger partial charge < -0.3 is 14.2 Å². The third kappa shape index (κ3) is 16.3. The van der Waals surface area contributed by atoms with Crippen LogP contribution < -0.4 is 0 Å². The first-order chi connectivity index (χ1) is 10.7. The van der Waals surface area contributed by atoms with Gasteiger partial charge in [-0.05, 0) is 26.7 Å². The normalized spacial score (nSPS) is 14.2. The summed E-state index contributed by atoms with van der Waals surface area (Å²) in [5, 5.41) is 0. The van der Waals surface area contributed by atoms with Gasteiger partial charge in [0.2, 0.25) is 0 Å². The minimum Gasteiger partial charge on any atom is -0.379 e. The van der Waals surface area contributed by atoms with E-state index in [1.807, 2.05) is 0 Å². The second-order valence-electron chi connectivity index (χ2n) is 6.38. The van der Waals surface area contributed by atoms with Crippen LogP contribution in [0.4, 0.5) is 0 Å². The van der Waals surface area contributed by atoms with Crippen molar-refractivity contribution in [2.75, 3.05) is 26.4 Å². The number of ether oxygens (including phenoxy) is 3. The van der Waals surface area contributed by atoms with Gasteiger partial charge in [-0.25, -0.2) is 0 Å². The Morgan fingerprint density at radius 1 is 0.591 bits per heavy atom. The lowest BCUT2D eigenvalue weighted by Crippen LogP contribution is -2.23. The lowest BCUT2D eigenvalue weighted by Gasteiger charge is -2.17. The predicted molar refractivity (Wildman–Crippen MR) is 94.5 cm³/mol. The van der Waals surface area contributed by atoms with Gasteiger partial charge in [0.15, 0.2) is 0 Å². The Kier molecular flexibility index (Phi) is 17.1. The van der Waals surface area contributed by atoms with Crippen molar-refractivity contribution < 1.29 is 14.2 Å². The van der Waals surface area contributed by atoms with Crippen LogP contribution in [0.15, 0.2) is 0 Å². The largest absolute Gasteiger partial charge is 0.379 e. The van der Waals surface area contributed by atoms with E-state index in [4.69, 9.17) is 14.2 Å². The molecule has 0 aliphatic carbocycles. The van der Waals surface area contributed by atoms with Crippen molar-refractivity contribution in [1.29, 1.82) is 0 Å². The summed E-state index contributed by atoms with van der Waals surface area (Å²) in [5.41, 5.74) is 0. The first-order valence-electron chi connectivity index (χ1n) is 9.51. The Bertz CT molecular complexity index is 209. The number of unbranched alkanes of at least 4 members (excludes halogenated alkanes) is 7. The molecule has 0 aromatic heterocycles. The van der Waals surface area contributed by atoms with E-state index in [0.717, 1.165) is 19.6 Å². The molecule has 0 aromatic rings. The zero-order valence-electron chi connectivity index (χ0n) is 15.6. The van der Waals surface area contributed by atoms with Gasteiger partial charge in [-0.2, -0.15) is 0 Å². The van der Waals surface area contributed by atoms with E-state index in [0.29, 0.717) is 13.2 Å². The van der Waals surface area contributed by atoms with Crippen molar-refractivity contribution in [1.82, 2.24) is 0 Å². The third-order valence-corrected chi connectivity index (χ3v) is 3.72. The summed E-state index contributed by atoms with van der Waals surface area (Å²) in [6.07, 6.45) is 12.1. The first kappa shape index (κ1) is 21.9. The molecule has 22 heavy (non-hydrogen) atoms. The minimum atomic E-state index is 0.154. The molecule has 2 atom stereocenters. The fourth-order valence-electron chi connectivity index (χ4n) is 2.30. The fourth-order valence-corrected chi connectivity index (χ4v) is 2.30. The molecule has 0 aliphatic heterocycles. The fraction of sp³-hybridized carbons (Fsp3) is 1.00. The van der Waals surface area contributed by atoms with Crippen LogP contribution in [0.5, 0.6) is 0 Å². The van der Waals surface area contributed by atoms with Crippen LogP contribution in [0.25, 0.3) is 0 Å². The molecular weight excluding hydrogens is 276 g/mol. The van der Waals surface area contributed by atoms with Crippen molar-refractivity contribution in [3.05, 3.63) is 0 Å². The summed E-state index contributed by atoms with van der Waals surface area (Å²) in [4.78, 5) is 0.